The van der Waals surface area contributed by atoms with Crippen molar-refractivity contribution in [2.24, 2.45) is 5.92 Å². The van der Waals surface area contributed by atoms with Gasteiger partial charge in [0.1, 0.15) is 6.04 Å². The predicted octanol–water partition coefficient (Wildman–Crippen LogP) is 0.779. The third-order valence-electron chi connectivity index (χ3n) is 5.43. The topological polar surface area (TPSA) is 114 Å². The van der Waals surface area contributed by atoms with Crippen molar-refractivity contribution in [1.82, 2.24) is 25.9 Å². The minimum atomic E-state index is -0.563. The Labute approximate surface area is 156 Å². The standard InChI is InChI=1S/C18H22N6O3/c25-18(17-15-8-14(24(26)27)6-7-16(15)21-22-17)19-9-12-10-20-23(11-12)13-4-2-1-3-5-13/h1-5,10-11,14-17,21-22H,6-9H2,(H,19,25). The van der Waals surface area contributed by atoms with Crippen LogP contribution in [-0.2, 0) is 11.3 Å². The summed E-state index contributed by atoms with van der Waals surface area (Å²) in [7, 11) is 0. The summed E-state index contributed by atoms with van der Waals surface area (Å²) in [5.41, 5.74) is 7.98. The fraction of sp³-hybridized carbons (Fsp3) is 0.444. The summed E-state index contributed by atoms with van der Waals surface area (Å²) < 4.78 is 1.76. The van der Waals surface area contributed by atoms with Gasteiger partial charge in [-0.1, -0.05) is 18.2 Å². The molecule has 27 heavy (non-hydrogen) atoms. The first kappa shape index (κ1) is 17.6. The van der Waals surface area contributed by atoms with Gasteiger partial charge in [0.2, 0.25) is 11.9 Å². The molecule has 1 aliphatic carbocycles. The number of aromatic nitrogens is 2. The van der Waals surface area contributed by atoms with E-state index in [1.54, 1.807) is 10.9 Å². The van der Waals surface area contributed by atoms with Gasteiger partial charge in [-0.15, -0.1) is 0 Å². The van der Waals surface area contributed by atoms with E-state index in [4.69, 9.17) is 0 Å². The zero-order chi connectivity index (χ0) is 18.8. The van der Waals surface area contributed by atoms with Crippen molar-refractivity contribution in [3.05, 3.63) is 58.4 Å². The Morgan fingerprint density at radius 2 is 2.11 bits per heavy atom. The molecule has 2 aromatic rings. The predicted molar refractivity (Wildman–Crippen MR) is 97.4 cm³/mol. The Hall–Kier alpha value is -2.78. The Balaban J connectivity index is 1.36. The highest BCUT2D eigenvalue weighted by molar-refractivity contribution is 5.82. The number of fused-ring (bicyclic) bond motifs is 1. The zero-order valence-corrected chi connectivity index (χ0v) is 14.7. The number of nitrogens with zero attached hydrogens (tertiary/aromatic N) is 3. The Bertz CT molecular complexity index is 824. The van der Waals surface area contributed by atoms with Crippen LogP contribution in [0.4, 0.5) is 0 Å². The molecule has 1 aromatic heterocycles. The van der Waals surface area contributed by atoms with E-state index in [-0.39, 0.29) is 22.8 Å². The van der Waals surface area contributed by atoms with E-state index in [0.29, 0.717) is 25.8 Å². The average Bonchev–Trinajstić information content (AvgIpc) is 3.33. The summed E-state index contributed by atoms with van der Waals surface area (Å²) in [6, 6.07) is 8.83. The van der Waals surface area contributed by atoms with E-state index >= 15 is 0 Å². The highest BCUT2D eigenvalue weighted by Gasteiger charge is 2.46. The Morgan fingerprint density at radius 1 is 1.30 bits per heavy atom. The van der Waals surface area contributed by atoms with Gasteiger partial charge >= 0.3 is 0 Å². The lowest BCUT2D eigenvalue weighted by atomic mass is 9.79. The molecule has 1 amide bonds. The molecule has 0 bridgehead atoms. The van der Waals surface area contributed by atoms with Crippen LogP contribution in [0.15, 0.2) is 42.7 Å². The van der Waals surface area contributed by atoms with E-state index in [9.17, 15) is 14.9 Å². The fourth-order valence-corrected chi connectivity index (χ4v) is 3.96. The number of nitro groups is 1. The summed E-state index contributed by atoms with van der Waals surface area (Å²) in [5.74, 6) is -0.215. The number of benzene rings is 1. The van der Waals surface area contributed by atoms with Gasteiger partial charge in [-0.2, -0.15) is 5.10 Å². The lowest BCUT2D eigenvalue weighted by Gasteiger charge is -2.28. The molecule has 4 atom stereocenters. The lowest BCUT2D eigenvalue weighted by Crippen LogP contribution is -2.46. The number of para-hydroxylation sites is 1. The molecule has 2 fully saturated rings. The van der Waals surface area contributed by atoms with Crippen molar-refractivity contribution in [3.63, 3.8) is 0 Å². The van der Waals surface area contributed by atoms with Crippen LogP contribution < -0.4 is 16.2 Å². The van der Waals surface area contributed by atoms with Gasteiger partial charge in [-0.05, 0) is 18.6 Å². The number of hydrogen-bond donors (Lipinski definition) is 3. The molecule has 1 aromatic carbocycles. The van der Waals surface area contributed by atoms with E-state index in [1.807, 2.05) is 36.5 Å². The molecule has 9 nitrogen and oxygen atoms in total. The first-order chi connectivity index (χ1) is 13.1. The molecular weight excluding hydrogens is 348 g/mol. The molecule has 0 spiro atoms. The molecule has 4 rings (SSSR count). The number of carbonyl (C=O) groups is 1. The smallest absolute Gasteiger partial charge is 0.239 e. The van der Waals surface area contributed by atoms with Gasteiger partial charge in [-0.3, -0.25) is 20.3 Å². The second-order valence-corrected chi connectivity index (χ2v) is 7.14. The Kier molecular flexibility index (Phi) is 4.87. The summed E-state index contributed by atoms with van der Waals surface area (Å²) in [4.78, 5) is 23.5. The van der Waals surface area contributed by atoms with Gasteiger partial charge in [-0.25, -0.2) is 10.1 Å². The van der Waals surface area contributed by atoms with Gasteiger partial charge in [0.15, 0.2) is 0 Å². The van der Waals surface area contributed by atoms with Crippen LogP contribution in [0, 0.1) is 16.0 Å². The minimum Gasteiger partial charge on any atom is -0.350 e. The monoisotopic (exact) mass is 370 g/mol. The van der Waals surface area contributed by atoms with Gasteiger partial charge in [0.05, 0.1) is 11.9 Å². The summed E-state index contributed by atoms with van der Waals surface area (Å²) in [5, 5.41) is 18.3. The molecule has 0 radical (unpaired) electrons. The van der Waals surface area contributed by atoms with E-state index in [0.717, 1.165) is 11.3 Å². The molecule has 1 saturated heterocycles. The van der Waals surface area contributed by atoms with Crippen LogP contribution in [0.1, 0.15) is 24.8 Å². The van der Waals surface area contributed by atoms with Crippen molar-refractivity contribution in [1.29, 1.82) is 0 Å². The highest BCUT2D eigenvalue weighted by atomic mass is 16.6. The van der Waals surface area contributed by atoms with Gasteiger partial charge < -0.3 is 5.32 Å². The van der Waals surface area contributed by atoms with Crippen LogP contribution in [0.5, 0.6) is 0 Å². The largest absolute Gasteiger partial charge is 0.350 e. The van der Waals surface area contributed by atoms with Crippen LogP contribution in [0.25, 0.3) is 5.69 Å². The lowest BCUT2D eigenvalue weighted by molar-refractivity contribution is -0.528. The molecule has 4 unspecified atom stereocenters. The minimum absolute atomic E-state index is 0.0683. The normalized spacial score (nSPS) is 27.1. The number of nitrogens with one attached hydrogen (secondary N) is 3. The Morgan fingerprint density at radius 3 is 2.89 bits per heavy atom. The third kappa shape index (κ3) is 3.69. The van der Waals surface area contributed by atoms with Crippen LogP contribution in [0.3, 0.4) is 0 Å². The molecule has 142 valence electrons. The highest BCUT2D eigenvalue weighted by Crippen LogP contribution is 2.31. The van der Waals surface area contributed by atoms with Crippen LogP contribution in [-0.4, -0.2) is 38.7 Å². The summed E-state index contributed by atoms with van der Waals surface area (Å²) >= 11 is 0. The van der Waals surface area contributed by atoms with Crippen molar-refractivity contribution < 1.29 is 9.72 Å². The number of carbonyl (C=O) groups excluding carboxylic acids is 1. The van der Waals surface area contributed by atoms with E-state index in [2.05, 4.69) is 21.3 Å². The van der Waals surface area contributed by atoms with Crippen LogP contribution >= 0.6 is 0 Å². The first-order valence-electron chi connectivity index (χ1n) is 9.13. The van der Waals surface area contributed by atoms with Gasteiger partial charge in [0, 0.05) is 48.0 Å². The number of hydrogen-bond acceptors (Lipinski definition) is 6. The second-order valence-electron chi connectivity index (χ2n) is 7.14. The summed E-state index contributed by atoms with van der Waals surface area (Å²) in [6.45, 7) is 0.361. The van der Waals surface area contributed by atoms with Crippen molar-refractivity contribution in [2.75, 3.05) is 0 Å². The maximum absolute atomic E-state index is 12.6. The van der Waals surface area contributed by atoms with Crippen molar-refractivity contribution in [2.45, 2.75) is 43.9 Å². The van der Waals surface area contributed by atoms with Crippen LogP contribution in [0.2, 0.25) is 0 Å². The molecule has 9 heteroatoms. The average molecular weight is 370 g/mol. The number of amides is 1. The van der Waals surface area contributed by atoms with Crippen molar-refractivity contribution >= 4 is 5.91 Å². The fourth-order valence-electron chi connectivity index (χ4n) is 3.96. The molecule has 1 aliphatic heterocycles. The molecular formula is C18H22N6O3. The number of hydrazine groups is 1. The maximum atomic E-state index is 12.6. The van der Waals surface area contributed by atoms with Crippen molar-refractivity contribution in [3.8, 4) is 5.69 Å². The SMILES string of the molecule is O=C(NCc1cnn(-c2ccccc2)c1)C1NNC2CCC([N+](=O)[O-])CC21. The maximum Gasteiger partial charge on any atom is 0.239 e. The molecule has 3 N–H and O–H groups in total. The molecule has 2 heterocycles. The quantitative estimate of drug-likeness (QED) is 0.529. The van der Waals surface area contributed by atoms with E-state index < -0.39 is 12.1 Å². The molecule has 1 saturated carbocycles. The zero-order valence-electron chi connectivity index (χ0n) is 14.7. The molecule has 2 aliphatic rings. The second kappa shape index (κ2) is 7.45. The first-order valence-corrected chi connectivity index (χ1v) is 9.13. The summed E-state index contributed by atoms with van der Waals surface area (Å²) in [6.07, 6.45) is 5.27. The number of rotatable bonds is 5. The van der Waals surface area contributed by atoms with Gasteiger partial charge in [0.25, 0.3) is 0 Å². The third-order valence-corrected chi connectivity index (χ3v) is 5.43. The van der Waals surface area contributed by atoms with E-state index in [1.165, 1.54) is 0 Å².